The van der Waals surface area contributed by atoms with Crippen molar-refractivity contribution in [2.24, 2.45) is 0 Å². The number of carboxylic acid groups (broad SMARTS) is 1. The summed E-state index contributed by atoms with van der Waals surface area (Å²) in [7, 11) is 0. The van der Waals surface area contributed by atoms with E-state index in [0.717, 1.165) is 11.1 Å². The van der Waals surface area contributed by atoms with E-state index in [0.29, 0.717) is 12.8 Å². The lowest BCUT2D eigenvalue weighted by molar-refractivity contribution is -0.142. The number of carbonyl (C=O) groups excluding carboxylic acids is 4. The molecule has 0 heterocycles. The molecule has 2 rings (SSSR count). The fraction of sp³-hybridized carbons (Fsp3) is 0.344. The van der Waals surface area contributed by atoms with E-state index >= 15 is 0 Å². The fourth-order valence-electron chi connectivity index (χ4n) is 4.09. The predicted octanol–water partition coefficient (Wildman–Crippen LogP) is 2.89. The summed E-state index contributed by atoms with van der Waals surface area (Å²) >= 11 is 0. The first-order valence-electron chi connectivity index (χ1n) is 14.2. The van der Waals surface area contributed by atoms with Gasteiger partial charge >= 0.3 is 18.2 Å². The molecule has 5 N–H and O–H groups in total. The highest BCUT2D eigenvalue weighted by Crippen LogP contribution is 2.09. The molecule has 12 nitrogen and oxygen atoms in total. The van der Waals surface area contributed by atoms with Gasteiger partial charge in [-0.15, -0.1) is 0 Å². The molecule has 0 fully saturated rings. The molecule has 2 aromatic carbocycles. The molecule has 0 aliphatic heterocycles. The number of carboxylic acids is 1. The number of rotatable bonds is 19. The number of ether oxygens (including phenoxy) is 2. The van der Waals surface area contributed by atoms with Crippen molar-refractivity contribution in [2.75, 3.05) is 19.8 Å². The highest BCUT2D eigenvalue weighted by Gasteiger charge is 2.30. The molecule has 0 saturated heterocycles. The monoisotopic (exact) mass is 608 g/mol. The highest BCUT2D eigenvalue weighted by atomic mass is 16.6. The molecule has 44 heavy (non-hydrogen) atoms. The second-order valence-electron chi connectivity index (χ2n) is 9.73. The maximum atomic E-state index is 13.5. The van der Waals surface area contributed by atoms with Crippen LogP contribution in [0.5, 0.6) is 0 Å². The van der Waals surface area contributed by atoms with Gasteiger partial charge in [-0.2, -0.15) is 0 Å². The van der Waals surface area contributed by atoms with Gasteiger partial charge in [0.1, 0.15) is 31.3 Å². The van der Waals surface area contributed by atoms with Crippen LogP contribution in [0.1, 0.15) is 30.4 Å². The number of hydrogen-bond acceptors (Lipinski definition) is 7. The van der Waals surface area contributed by atoms with Gasteiger partial charge in [0, 0.05) is 19.4 Å². The maximum absolute atomic E-state index is 13.5. The molecule has 0 spiro atoms. The number of nitrogens with one attached hydrogen (secondary N) is 4. The van der Waals surface area contributed by atoms with Gasteiger partial charge in [-0.3, -0.25) is 9.59 Å². The molecule has 0 aromatic heterocycles. The number of carbonyl (C=O) groups is 5. The van der Waals surface area contributed by atoms with Crippen LogP contribution in [0.25, 0.3) is 0 Å². The normalized spacial score (nSPS) is 12.4. The standard InChI is InChI=1S/C32H40N4O8/c1-3-19-43-31(41)33-18-12-11-17-25(30(39)40)34-28(37)26(21-23-13-7-5-8-14-23)35-29(38)27(36-32(42)44-20-4-2)22-24-15-9-6-10-16-24/h3-10,13-16,25-27H,1-2,11-12,17-22H2,(H,33,41)(H,34,37)(H,35,38)(H,36,42)(H,39,40)/t25-,26?,27?/m0/s1. The zero-order valence-corrected chi connectivity index (χ0v) is 24.5. The third kappa shape index (κ3) is 13.7. The summed E-state index contributed by atoms with van der Waals surface area (Å²) in [5, 5.41) is 20.1. The fourth-order valence-corrected chi connectivity index (χ4v) is 4.09. The van der Waals surface area contributed by atoms with E-state index in [9.17, 15) is 29.1 Å². The smallest absolute Gasteiger partial charge is 0.408 e. The molecule has 236 valence electrons. The second kappa shape index (κ2) is 19.9. The van der Waals surface area contributed by atoms with Crippen molar-refractivity contribution < 1.29 is 38.6 Å². The van der Waals surface area contributed by atoms with Crippen molar-refractivity contribution >= 4 is 30.0 Å². The molecule has 2 unspecified atom stereocenters. The SMILES string of the molecule is C=CCOC(=O)NCCCC[C@H](NC(=O)C(Cc1ccccc1)NC(=O)C(Cc1ccccc1)NC(=O)OCC=C)C(=O)O. The van der Waals surface area contributed by atoms with Crippen LogP contribution in [0, 0.1) is 0 Å². The van der Waals surface area contributed by atoms with Crippen molar-refractivity contribution in [3.63, 3.8) is 0 Å². The Morgan fingerprint density at radius 1 is 0.682 bits per heavy atom. The average molecular weight is 609 g/mol. The topological polar surface area (TPSA) is 172 Å². The van der Waals surface area contributed by atoms with Crippen molar-refractivity contribution in [3.8, 4) is 0 Å². The summed E-state index contributed by atoms with van der Waals surface area (Å²) in [6, 6.07) is 14.4. The number of amides is 4. The lowest BCUT2D eigenvalue weighted by atomic mass is 10.0. The zero-order valence-electron chi connectivity index (χ0n) is 24.5. The quantitative estimate of drug-likeness (QED) is 0.120. The summed E-state index contributed by atoms with van der Waals surface area (Å²) in [6.45, 7) is 7.23. The van der Waals surface area contributed by atoms with Gasteiger partial charge in [0.05, 0.1) is 0 Å². The van der Waals surface area contributed by atoms with E-state index in [1.54, 1.807) is 54.6 Å². The Bertz CT molecular complexity index is 1240. The first-order valence-corrected chi connectivity index (χ1v) is 14.2. The van der Waals surface area contributed by atoms with E-state index in [2.05, 4.69) is 34.4 Å². The van der Waals surface area contributed by atoms with Crippen LogP contribution in [0.2, 0.25) is 0 Å². The minimum Gasteiger partial charge on any atom is -0.480 e. The van der Waals surface area contributed by atoms with Crippen LogP contribution in [0.4, 0.5) is 9.59 Å². The van der Waals surface area contributed by atoms with Gasteiger partial charge in [0.2, 0.25) is 11.8 Å². The molecule has 0 aliphatic rings. The molecular formula is C32H40N4O8. The zero-order chi connectivity index (χ0) is 32.2. The first-order chi connectivity index (χ1) is 21.2. The number of aliphatic carboxylic acids is 1. The Hall–Kier alpha value is -5.13. The molecule has 3 atom stereocenters. The maximum Gasteiger partial charge on any atom is 0.408 e. The molecule has 2 aromatic rings. The summed E-state index contributed by atoms with van der Waals surface area (Å²) < 4.78 is 9.81. The van der Waals surface area contributed by atoms with Crippen molar-refractivity contribution in [1.29, 1.82) is 0 Å². The van der Waals surface area contributed by atoms with E-state index in [1.165, 1.54) is 12.2 Å². The van der Waals surface area contributed by atoms with Crippen molar-refractivity contribution in [2.45, 2.75) is 50.2 Å². The lowest BCUT2D eigenvalue weighted by Gasteiger charge is -2.25. The average Bonchev–Trinajstić information content (AvgIpc) is 3.02. The van der Waals surface area contributed by atoms with Crippen molar-refractivity contribution in [1.82, 2.24) is 21.3 Å². The minimum absolute atomic E-state index is 0.0589. The number of hydrogen-bond donors (Lipinski definition) is 5. The molecular weight excluding hydrogens is 568 g/mol. The van der Waals surface area contributed by atoms with E-state index in [1.807, 2.05) is 6.07 Å². The second-order valence-corrected chi connectivity index (χ2v) is 9.73. The summed E-state index contributed by atoms with van der Waals surface area (Å²) in [6.07, 6.45) is 2.48. The van der Waals surface area contributed by atoms with Gasteiger partial charge in [0.15, 0.2) is 0 Å². The van der Waals surface area contributed by atoms with Gasteiger partial charge in [-0.25, -0.2) is 14.4 Å². The first kappa shape index (κ1) is 35.1. The molecule has 0 aliphatic carbocycles. The summed E-state index contributed by atoms with van der Waals surface area (Å²) in [5.74, 6) is -2.59. The molecule has 0 bridgehead atoms. The Balaban J connectivity index is 2.13. The van der Waals surface area contributed by atoms with Crippen LogP contribution in [-0.4, -0.2) is 73.0 Å². The Labute approximate surface area is 256 Å². The molecule has 0 saturated carbocycles. The largest absolute Gasteiger partial charge is 0.480 e. The lowest BCUT2D eigenvalue weighted by Crippen LogP contribution is -2.57. The third-order valence-corrected chi connectivity index (χ3v) is 6.27. The van der Waals surface area contributed by atoms with Gasteiger partial charge in [0.25, 0.3) is 0 Å². The third-order valence-electron chi connectivity index (χ3n) is 6.27. The van der Waals surface area contributed by atoms with Gasteiger partial charge in [-0.1, -0.05) is 86.0 Å². The summed E-state index contributed by atoms with van der Waals surface area (Å²) in [5.41, 5.74) is 1.49. The highest BCUT2D eigenvalue weighted by molar-refractivity contribution is 5.93. The van der Waals surface area contributed by atoms with Gasteiger partial charge < -0.3 is 35.8 Å². The number of benzene rings is 2. The van der Waals surface area contributed by atoms with E-state index in [-0.39, 0.29) is 39.0 Å². The predicted molar refractivity (Wildman–Crippen MR) is 164 cm³/mol. The van der Waals surface area contributed by atoms with E-state index in [4.69, 9.17) is 9.47 Å². The van der Waals surface area contributed by atoms with Crippen LogP contribution in [0.15, 0.2) is 86.0 Å². The van der Waals surface area contributed by atoms with Crippen LogP contribution in [-0.2, 0) is 36.7 Å². The molecule has 12 heteroatoms. The van der Waals surface area contributed by atoms with Crippen LogP contribution >= 0.6 is 0 Å². The number of alkyl carbamates (subject to hydrolysis) is 2. The van der Waals surface area contributed by atoms with Crippen LogP contribution < -0.4 is 21.3 Å². The minimum atomic E-state index is -1.24. The Morgan fingerprint density at radius 3 is 1.66 bits per heavy atom. The van der Waals surface area contributed by atoms with Crippen molar-refractivity contribution in [3.05, 3.63) is 97.1 Å². The number of unbranched alkanes of at least 4 members (excludes halogenated alkanes) is 1. The molecule has 0 radical (unpaired) electrons. The van der Waals surface area contributed by atoms with Crippen LogP contribution in [0.3, 0.4) is 0 Å². The van der Waals surface area contributed by atoms with Gasteiger partial charge in [-0.05, 0) is 30.4 Å². The molecule has 4 amide bonds. The Kier molecular flexibility index (Phi) is 15.9. The van der Waals surface area contributed by atoms with E-state index < -0.39 is 48.1 Å². The Morgan fingerprint density at radius 2 is 1.16 bits per heavy atom. The summed E-state index contributed by atoms with van der Waals surface area (Å²) in [4.78, 5) is 62.8.